The van der Waals surface area contributed by atoms with Gasteiger partial charge < -0.3 is 9.80 Å². The van der Waals surface area contributed by atoms with Crippen molar-refractivity contribution in [3.05, 3.63) is 29.8 Å². The maximum atomic E-state index is 12.8. The monoisotopic (exact) mass is 384 g/mol. The number of anilines is 1. The molecule has 2 saturated heterocycles. The van der Waals surface area contributed by atoms with Gasteiger partial charge in [0.15, 0.2) is 0 Å². The van der Waals surface area contributed by atoms with Crippen molar-refractivity contribution in [1.82, 2.24) is 14.7 Å². The first kappa shape index (κ1) is 19.7. The maximum absolute atomic E-state index is 12.8. The number of piperazine rings is 2. The lowest BCUT2D eigenvalue weighted by Gasteiger charge is -2.42. The Kier molecular flexibility index (Phi) is 6.22. The fraction of sp³-hybridized carbons (Fsp3) is 0.696. The van der Waals surface area contributed by atoms with Gasteiger partial charge in [0.2, 0.25) is 5.91 Å². The molecule has 1 unspecified atom stereocenters. The van der Waals surface area contributed by atoms with Gasteiger partial charge in [-0.25, -0.2) is 0 Å². The zero-order chi connectivity index (χ0) is 19.5. The molecule has 4 rings (SSSR count). The standard InChI is InChI=1S/C23H36N4O/c1-19-7-9-22(10-8-19)27-16-11-24(17-20(27)2)18-23(28)26-14-12-25(13-15-26)21-5-3-4-6-21/h7-10,20-21H,3-6,11-18H2,1-2H3. The van der Waals surface area contributed by atoms with Gasteiger partial charge in [-0.2, -0.15) is 0 Å². The predicted octanol–water partition coefficient (Wildman–Crippen LogP) is 2.59. The summed E-state index contributed by atoms with van der Waals surface area (Å²) in [6.45, 7) is 11.8. The summed E-state index contributed by atoms with van der Waals surface area (Å²) < 4.78 is 0. The Morgan fingerprint density at radius 3 is 2.29 bits per heavy atom. The molecule has 1 amide bonds. The zero-order valence-corrected chi connectivity index (χ0v) is 17.6. The van der Waals surface area contributed by atoms with Crippen molar-refractivity contribution in [3.8, 4) is 0 Å². The van der Waals surface area contributed by atoms with Crippen molar-refractivity contribution in [2.45, 2.75) is 51.6 Å². The second kappa shape index (κ2) is 8.83. The highest BCUT2D eigenvalue weighted by atomic mass is 16.2. The van der Waals surface area contributed by atoms with Gasteiger partial charge in [-0.1, -0.05) is 30.5 Å². The molecule has 2 aliphatic heterocycles. The molecule has 28 heavy (non-hydrogen) atoms. The van der Waals surface area contributed by atoms with E-state index in [-0.39, 0.29) is 0 Å². The predicted molar refractivity (Wildman–Crippen MR) is 115 cm³/mol. The van der Waals surface area contributed by atoms with Crippen LogP contribution in [0, 0.1) is 6.92 Å². The lowest BCUT2D eigenvalue weighted by molar-refractivity contribution is -0.134. The van der Waals surface area contributed by atoms with Crippen LogP contribution in [0.25, 0.3) is 0 Å². The molecule has 1 saturated carbocycles. The third kappa shape index (κ3) is 4.52. The molecule has 0 N–H and O–H groups in total. The SMILES string of the molecule is Cc1ccc(N2CCN(CC(=O)N3CCN(C4CCCC4)CC3)CC2C)cc1. The first-order chi connectivity index (χ1) is 13.6. The average Bonchev–Trinajstić information content (AvgIpc) is 3.24. The van der Waals surface area contributed by atoms with E-state index >= 15 is 0 Å². The summed E-state index contributed by atoms with van der Waals surface area (Å²) in [6, 6.07) is 10.0. The third-order valence-corrected chi connectivity index (χ3v) is 6.94. The number of amides is 1. The van der Waals surface area contributed by atoms with Crippen LogP contribution in [0.3, 0.4) is 0 Å². The van der Waals surface area contributed by atoms with Gasteiger partial charge in [-0.15, -0.1) is 0 Å². The molecule has 0 spiro atoms. The summed E-state index contributed by atoms with van der Waals surface area (Å²) in [5.41, 5.74) is 2.60. The molecule has 154 valence electrons. The highest BCUT2D eigenvalue weighted by Gasteiger charge is 2.30. The van der Waals surface area contributed by atoms with E-state index in [2.05, 4.69) is 57.7 Å². The van der Waals surface area contributed by atoms with Gasteiger partial charge in [-0.3, -0.25) is 14.6 Å². The topological polar surface area (TPSA) is 30.0 Å². The molecule has 1 aromatic carbocycles. The van der Waals surface area contributed by atoms with E-state index in [9.17, 15) is 4.79 Å². The summed E-state index contributed by atoms with van der Waals surface area (Å²) in [5.74, 6) is 0.321. The van der Waals surface area contributed by atoms with Crippen molar-refractivity contribution in [1.29, 1.82) is 0 Å². The van der Waals surface area contributed by atoms with Gasteiger partial charge in [-0.05, 0) is 38.8 Å². The smallest absolute Gasteiger partial charge is 0.236 e. The van der Waals surface area contributed by atoms with Crippen molar-refractivity contribution < 1.29 is 4.79 Å². The molecular formula is C23H36N4O. The van der Waals surface area contributed by atoms with Crippen LogP contribution in [0.15, 0.2) is 24.3 Å². The molecule has 5 heteroatoms. The van der Waals surface area contributed by atoms with E-state index in [1.165, 1.54) is 36.9 Å². The summed E-state index contributed by atoms with van der Waals surface area (Å²) in [6.07, 6.45) is 5.49. The van der Waals surface area contributed by atoms with Crippen molar-refractivity contribution >= 4 is 11.6 Å². The molecule has 1 aliphatic carbocycles. The first-order valence-electron chi connectivity index (χ1n) is 11.2. The Bertz CT molecular complexity index is 647. The van der Waals surface area contributed by atoms with Gasteiger partial charge in [0.05, 0.1) is 6.54 Å². The molecule has 1 aromatic rings. The molecule has 0 bridgehead atoms. The average molecular weight is 385 g/mol. The number of carbonyl (C=O) groups excluding carboxylic acids is 1. The van der Waals surface area contributed by atoms with Crippen LogP contribution in [0.1, 0.15) is 38.2 Å². The second-order valence-electron chi connectivity index (χ2n) is 8.97. The van der Waals surface area contributed by atoms with E-state index in [0.717, 1.165) is 51.9 Å². The number of benzene rings is 1. The highest BCUT2D eigenvalue weighted by molar-refractivity contribution is 5.78. The minimum atomic E-state index is 0.321. The molecule has 1 atom stereocenters. The Hall–Kier alpha value is -1.59. The molecule has 3 fully saturated rings. The van der Waals surface area contributed by atoms with Gasteiger partial charge in [0.25, 0.3) is 0 Å². The normalized spacial score (nSPS) is 25.4. The molecule has 2 heterocycles. The van der Waals surface area contributed by atoms with Crippen LogP contribution >= 0.6 is 0 Å². The molecule has 5 nitrogen and oxygen atoms in total. The maximum Gasteiger partial charge on any atom is 0.236 e. The van der Waals surface area contributed by atoms with Crippen LogP contribution in [-0.4, -0.2) is 85.0 Å². The number of carbonyl (C=O) groups is 1. The van der Waals surface area contributed by atoms with Crippen LogP contribution in [0.2, 0.25) is 0 Å². The number of aryl methyl sites for hydroxylation is 1. The quantitative estimate of drug-likeness (QED) is 0.798. The number of nitrogens with zero attached hydrogens (tertiary/aromatic N) is 4. The lowest BCUT2D eigenvalue weighted by atomic mass is 10.1. The summed E-state index contributed by atoms with van der Waals surface area (Å²) in [4.78, 5) is 22.4. The minimum absolute atomic E-state index is 0.321. The lowest BCUT2D eigenvalue weighted by Crippen LogP contribution is -2.56. The summed E-state index contributed by atoms with van der Waals surface area (Å²) in [7, 11) is 0. The number of hydrogen-bond acceptors (Lipinski definition) is 4. The number of rotatable bonds is 4. The van der Waals surface area contributed by atoms with E-state index in [1.807, 2.05) is 0 Å². The van der Waals surface area contributed by atoms with E-state index < -0.39 is 0 Å². The van der Waals surface area contributed by atoms with Crippen molar-refractivity contribution in [2.24, 2.45) is 0 Å². The van der Waals surface area contributed by atoms with Gasteiger partial charge >= 0.3 is 0 Å². The molecule has 0 aromatic heterocycles. The second-order valence-corrected chi connectivity index (χ2v) is 8.97. The summed E-state index contributed by atoms with van der Waals surface area (Å²) >= 11 is 0. The largest absolute Gasteiger partial charge is 0.366 e. The minimum Gasteiger partial charge on any atom is -0.366 e. The first-order valence-corrected chi connectivity index (χ1v) is 11.2. The van der Waals surface area contributed by atoms with Crippen LogP contribution in [0.5, 0.6) is 0 Å². The fourth-order valence-electron chi connectivity index (χ4n) is 5.19. The van der Waals surface area contributed by atoms with Crippen LogP contribution in [0.4, 0.5) is 5.69 Å². The van der Waals surface area contributed by atoms with Crippen LogP contribution < -0.4 is 4.90 Å². The van der Waals surface area contributed by atoms with E-state index in [1.54, 1.807) is 0 Å². The van der Waals surface area contributed by atoms with Gasteiger partial charge in [0, 0.05) is 63.6 Å². The van der Waals surface area contributed by atoms with E-state index in [4.69, 9.17) is 0 Å². The van der Waals surface area contributed by atoms with Crippen LogP contribution in [-0.2, 0) is 4.79 Å². The van der Waals surface area contributed by atoms with Crippen molar-refractivity contribution in [2.75, 3.05) is 57.3 Å². The Balaban J connectivity index is 1.24. The fourth-order valence-corrected chi connectivity index (χ4v) is 5.19. The Morgan fingerprint density at radius 2 is 1.64 bits per heavy atom. The molecular weight excluding hydrogens is 348 g/mol. The van der Waals surface area contributed by atoms with Crippen molar-refractivity contribution in [3.63, 3.8) is 0 Å². The summed E-state index contributed by atoms with van der Waals surface area (Å²) in [5, 5.41) is 0. The molecule has 0 radical (unpaired) electrons. The zero-order valence-electron chi connectivity index (χ0n) is 17.6. The highest BCUT2D eigenvalue weighted by Crippen LogP contribution is 2.24. The van der Waals surface area contributed by atoms with Gasteiger partial charge in [0.1, 0.15) is 0 Å². The molecule has 3 aliphatic rings. The third-order valence-electron chi connectivity index (χ3n) is 6.94. The van der Waals surface area contributed by atoms with E-state index in [0.29, 0.717) is 18.5 Å². The number of hydrogen-bond donors (Lipinski definition) is 0. The Morgan fingerprint density at radius 1 is 0.964 bits per heavy atom. The Labute approximate surface area is 170 Å².